The van der Waals surface area contributed by atoms with E-state index in [2.05, 4.69) is 12.2 Å². The normalized spacial score (nSPS) is 6.67. The number of hydrogen-bond acceptors (Lipinski definition) is 3. The smallest absolute Gasteiger partial charge is 0.248 e. The number of aldehydes is 1. The van der Waals surface area contributed by atoms with Gasteiger partial charge in [-0.2, -0.15) is 0 Å². The molecule has 0 saturated carbocycles. The van der Waals surface area contributed by atoms with Crippen molar-refractivity contribution < 1.29 is 9.59 Å². The molecule has 0 spiro atoms. The van der Waals surface area contributed by atoms with Crippen molar-refractivity contribution in [3.05, 3.63) is 0 Å². The monoisotopic (exact) mass is 101 g/mol. The van der Waals surface area contributed by atoms with Crippen LogP contribution in [0.15, 0.2) is 0 Å². The summed E-state index contributed by atoms with van der Waals surface area (Å²) in [6, 6.07) is 0. The lowest BCUT2D eigenvalue weighted by molar-refractivity contribution is -0.102. The first kappa shape index (κ1) is 5.43. The van der Waals surface area contributed by atoms with Crippen molar-refractivity contribution in [1.82, 2.24) is 0 Å². The highest BCUT2D eigenvalue weighted by Crippen LogP contribution is 1.56. The molecule has 1 radical (unpaired) electrons. The summed E-state index contributed by atoms with van der Waals surface area (Å²) in [4.78, 5) is 18.3. The minimum absolute atomic E-state index is 0.280. The molecule has 0 unspecified atom stereocenters. The van der Waals surface area contributed by atoms with Gasteiger partial charge in [-0.15, -0.1) is 0 Å². The molecule has 0 aromatic carbocycles. The molecule has 0 N–H and O–H groups in total. The van der Waals surface area contributed by atoms with Gasteiger partial charge in [0.15, 0.2) is 6.29 Å². The lowest BCUT2D eigenvalue weighted by atomic mass is 10.5. The summed E-state index contributed by atoms with van der Waals surface area (Å²) in [7, 11) is 0. The summed E-state index contributed by atoms with van der Waals surface area (Å²) < 4.78 is 0. The number of carbonyl (C=O) groups excluding carboxylic acids is 2. The van der Waals surface area contributed by atoms with Crippen LogP contribution in [-0.2, 0) is 9.59 Å². The van der Waals surface area contributed by atoms with Gasteiger partial charge in [0.05, 0.1) is 0 Å². The Morgan fingerprint density at radius 3 is 2.33 bits per heavy atom. The van der Waals surface area contributed by atoms with Crippen LogP contribution in [-0.4, -0.2) is 17.4 Å². The Kier molecular flexibility index (Phi) is 2.40. The summed E-state index contributed by atoms with van der Waals surface area (Å²) in [5.41, 5.74) is 0. The quantitative estimate of drug-likeness (QED) is 0.271. The van der Waals surface area contributed by atoms with Crippen LogP contribution in [0, 0.1) is 0 Å². The highest BCUT2D eigenvalue weighted by Gasteiger charge is 1.83. The summed E-state index contributed by atoms with van der Waals surface area (Å²) in [6.45, 7) is 0. The van der Waals surface area contributed by atoms with Gasteiger partial charge in [-0.25, -0.2) is 0 Å². The molecule has 0 bridgehead atoms. The van der Waals surface area contributed by atoms with Crippen molar-refractivity contribution in [3.63, 3.8) is 0 Å². The van der Waals surface area contributed by atoms with E-state index in [0.717, 1.165) is 0 Å². The maximum Gasteiger partial charge on any atom is 0.248 e. The lowest BCUT2D eigenvalue weighted by Crippen LogP contribution is -1.93. The third-order valence-electron chi connectivity index (χ3n) is 0.208. The van der Waals surface area contributed by atoms with Crippen molar-refractivity contribution in [2.24, 2.45) is 0 Å². The average molecular weight is 101 g/mol. The first-order valence-corrected chi connectivity index (χ1v) is 1.59. The molecule has 3 heteroatoms. The van der Waals surface area contributed by atoms with Crippen LogP contribution in [0.2, 0.25) is 0 Å². The van der Waals surface area contributed by atoms with Gasteiger partial charge in [0.2, 0.25) is 6.29 Å². The predicted octanol–water partition coefficient (Wildman–Crippen LogP) is -0.335. The molecule has 0 aromatic heterocycles. The molecule has 0 atom stereocenters. The van der Waals surface area contributed by atoms with E-state index in [9.17, 15) is 9.59 Å². The largest absolute Gasteiger partial charge is 0.297 e. The van der Waals surface area contributed by atoms with Crippen LogP contribution in [0.25, 0.3) is 0 Å². The van der Waals surface area contributed by atoms with E-state index in [4.69, 9.17) is 0 Å². The fourth-order valence-electron chi connectivity index (χ4n) is 0.0241. The van der Waals surface area contributed by atoms with Gasteiger partial charge < -0.3 is 0 Å². The molecule has 0 saturated heterocycles. The molecule has 0 aliphatic rings. The van der Waals surface area contributed by atoms with Crippen LogP contribution in [0.5, 0.6) is 0 Å². The van der Waals surface area contributed by atoms with E-state index in [-0.39, 0.29) is 11.2 Å². The van der Waals surface area contributed by atoms with Crippen LogP contribution in [0.1, 0.15) is 0 Å². The number of rotatable bonds is 2. The van der Waals surface area contributed by atoms with Gasteiger partial charge in [0, 0.05) is 0 Å². The van der Waals surface area contributed by atoms with E-state index in [1.54, 1.807) is 0 Å². The first-order chi connectivity index (χ1) is 2.81. The summed E-state index contributed by atoms with van der Waals surface area (Å²) in [5.74, 6) is 0. The Balaban J connectivity index is 3.52. The lowest BCUT2D eigenvalue weighted by Gasteiger charge is -1.60. The highest BCUT2D eigenvalue weighted by molar-refractivity contribution is 7.83. The van der Waals surface area contributed by atoms with Crippen LogP contribution in [0.4, 0.5) is 0 Å². The Labute approximate surface area is 40.2 Å². The van der Waals surface area contributed by atoms with E-state index in [0.29, 0.717) is 0 Å². The van der Waals surface area contributed by atoms with Crippen molar-refractivity contribution in [3.8, 4) is 0 Å². The molecule has 0 aliphatic heterocycles. The Morgan fingerprint density at radius 1 is 1.83 bits per heavy atom. The maximum absolute atomic E-state index is 9.33. The SMILES string of the molecule is O=[C]C(=S)C=O. The molecule has 0 fully saturated rings. The summed E-state index contributed by atoms with van der Waals surface area (Å²) in [6.07, 6.45) is 1.51. The van der Waals surface area contributed by atoms with E-state index < -0.39 is 0 Å². The second kappa shape index (κ2) is 2.66. The first-order valence-electron chi connectivity index (χ1n) is 1.18. The molecule has 0 aromatic rings. The van der Waals surface area contributed by atoms with Gasteiger partial charge in [-0.05, 0) is 0 Å². The molecule has 2 nitrogen and oxygen atoms in total. The van der Waals surface area contributed by atoms with Crippen LogP contribution >= 0.6 is 12.2 Å². The van der Waals surface area contributed by atoms with Crippen LogP contribution in [0.3, 0.4) is 0 Å². The fraction of sp³-hybridized carbons (Fsp3) is 0. The Bertz CT molecular complexity index is 76.8. The molecule has 6 heavy (non-hydrogen) atoms. The van der Waals surface area contributed by atoms with Gasteiger partial charge in [-0.1, -0.05) is 12.2 Å². The van der Waals surface area contributed by atoms with Crippen molar-refractivity contribution in [1.29, 1.82) is 0 Å². The van der Waals surface area contributed by atoms with E-state index in [1.807, 2.05) is 0 Å². The predicted molar refractivity (Wildman–Crippen MR) is 24.4 cm³/mol. The molecular weight excluding hydrogens is 100 g/mol. The molecule has 0 amide bonds. The van der Waals surface area contributed by atoms with Gasteiger partial charge >= 0.3 is 0 Å². The van der Waals surface area contributed by atoms with Crippen molar-refractivity contribution >= 4 is 29.7 Å². The van der Waals surface area contributed by atoms with Gasteiger partial charge in [0.25, 0.3) is 0 Å². The molecule has 0 rings (SSSR count). The standard InChI is InChI=1S/C3HO2S/c4-1-3(6)2-5/h1H. The maximum atomic E-state index is 9.33. The zero-order valence-electron chi connectivity index (χ0n) is 2.80. The number of thiocarbonyl (C=S) groups is 1. The summed E-state index contributed by atoms with van der Waals surface area (Å²) >= 11 is 4.06. The zero-order valence-corrected chi connectivity index (χ0v) is 3.62. The fourth-order valence-corrected chi connectivity index (χ4v) is 0.0241. The number of carbonyl (C=O) groups is 1. The third-order valence-corrected chi connectivity index (χ3v) is 0.387. The second-order valence-corrected chi connectivity index (χ2v) is 1.02. The Morgan fingerprint density at radius 2 is 2.33 bits per heavy atom. The van der Waals surface area contributed by atoms with Crippen molar-refractivity contribution in [2.75, 3.05) is 0 Å². The molecular formula is C3HO2S. The van der Waals surface area contributed by atoms with E-state index in [1.165, 1.54) is 6.29 Å². The third kappa shape index (κ3) is 1.72. The average Bonchev–Trinajstić information content (AvgIpc) is 1.65. The molecule has 0 heterocycles. The minimum Gasteiger partial charge on any atom is -0.297 e. The van der Waals surface area contributed by atoms with Crippen LogP contribution < -0.4 is 0 Å². The topological polar surface area (TPSA) is 34.1 Å². The van der Waals surface area contributed by atoms with Gasteiger partial charge in [-0.3, -0.25) is 9.59 Å². The Hall–Kier alpha value is -0.570. The highest BCUT2D eigenvalue weighted by atomic mass is 32.1. The summed E-state index contributed by atoms with van der Waals surface area (Å²) in [5, 5.41) is 0. The minimum atomic E-state index is -0.310. The number of hydrogen-bond donors (Lipinski definition) is 0. The van der Waals surface area contributed by atoms with E-state index >= 15 is 0 Å². The molecule has 31 valence electrons. The van der Waals surface area contributed by atoms with Gasteiger partial charge in [0.1, 0.15) is 4.86 Å². The molecule has 0 aliphatic carbocycles. The van der Waals surface area contributed by atoms with Crippen molar-refractivity contribution in [2.45, 2.75) is 0 Å². The second-order valence-electron chi connectivity index (χ2n) is 0.584. The zero-order chi connectivity index (χ0) is 4.99.